The molecule has 0 aromatic carbocycles. The molecule has 3 atom stereocenters. The first-order chi connectivity index (χ1) is 13.1. The molecule has 2 nitrogen and oxygen atoms in total. The molecule has 2 fully saturated rings. The summed E-state index contributed by atoms with van der Waals surface area (Å²) >= 11 is -2.36. The molecule has 160 valence electrons. The van der Waals surface area contributed by atoms with Crippen LogP contribution in [-0.4, -0.2) is 16.9 Å². The average molecular weight is 440 g/mol. The number of fused-ring (bicyclic) bond motifs is 1. The summed E-state index contributed by atoms with van der Waals surface area (Å²) in [7, 11) is 0. The van der Waals surface area contributed by atoms with Gasteiger partial charge in [-0.15, -0.1) is 0 Å². The van der Waals surface area contributed by atoms with Crippen molar-refractivity contribution in [2.24, 2.45) is 17.8 Å². The van der Waals surface area contributed by atoms with E-state index < -0.39 is 16.8 Å². The number of amides is 1. The van der Waals surface area contributed by atoms with Gasteiger partial charge in [0, 0.05) is 0 Å². The Morgan fingerprint density at radius 1 is 0.786 bits per heavy atom. The van der Waals surface area contributed by atoms with Crippen LogP contribution in [0.4, 0.5) is 0 Å². The van der Waals surface area contributed by atoms with E-state index in [-0.39, 0.29) is 16.9 Å². The van der Waals surface area contributed by atoms with Crippen molar-refractivity contribution in [2.75, 3.05) is 0 Å². The van der Waals surface area contributed by atoms with E-state index in [2.05, 4.69) is 38.6 Å². The summed E-state index contributed by atoms with van der Waals surface area (Å²) in [5.41, 5.74) is 0. The normalized spacial score (nSPS) is 29.9. The summed E-state index contributed by atoms with van der Waals surface area (Å²) in [5.74, 6) is 2.09. The number of nitrogens with one attached hydrogen (secondary N) is 1. The van der Waals surface area contributed by atoms with E-state index in [1.807, 2.05) is 0 Å². The third kappa shape index (κ3) is 6.71. The van der Waals surface area contributed by atoms with Crippen molar-refractivity contribution in [1.29, 1.82) is 0 Å². The van der Waals surface area contributed by atoms with Gasteiger partial charge < -0.3 is 0 Å². The molecule has 0 spiro atoms. The molecule has 0 saturated heterocycles. The van der Waals surface area contributed by atoms with Gasteiger partial charge in [0.15, 0.2) is 0 Å². The van der Waals surface area contributed by atoms with Gasteiger partial charge in [-0.05, 0) is 11.0 Å². The van der Waals surface area contributed by atoms with Crippen LogP contribution in [0.1, 0.15) is 83.5 Å². The van der Waals surface area contributed by atoms with Gasteiger partial charge in [-0.3, -0.25) is 0 Å². The van der Waals surface area contributed by atoms with Gasteiger partial charge in [0.05, 0.1) is 0 Å². The van der Waals surface area contributed by atoms with E-state index in [0.29, 0.717) is 11.8 Å². The van der Waals surface area contributed by atoms with Gasteiger partial charge in [0.2, 0.25) is 0 Å². The van der Waals surface area contributed by atoms with Crippen molar-refractivity contribution in [3.63, 3.8) is 0 Å². The van der Waals surface area contributed by atoms with Crippen molar-refractivity contribution in [3.8, 4) is 0 Å². The Labute approximate surface area is 182 Å². The molecule has 0 aromatic rings. The van der Waals surface area contributed by atoms with Crippen molar-refractivity contribution in [3.05, 3.63) is 24.3 Å². The predicted octanol–water partition coefficient (Wildman–Crippen LogP) is 5.68. The first-order valence-corrected chi connectivity index (χ1v) is 16.6. The fourth-order valence-corrected chi connectivity index (χ4v) is 10.8. The molecule has 0 aliphatic heterocycles. The maximum absolute atomic E-state index is 13.3. The van der Waals surface area contributed by atoms with Gasteiger partial charge in [-0.1, -0.05) is 0 Å². The minimum atomic E-state index is -2.36. The van der Waals surface area contributed by atoms with Crippen LogP contribution in [0.2, 0.25) is 14.7 Å². The van der Waals surface area contributed by atoms with Gasteiger partial charge in [0.25, 0.3) is 0 Å². The Morgan fingerprint density at radius 2 is 1.32 bits per heavy atom. The fraction of sp³-hybridized carbons (Fsp3) is 0.792. The molecule has 1 N–H and O–H groups in total. The zero-order chi connectivity index (χ0) is 19.1. The number of hydrogen-bond acceptors (Lipinski definition) is 1. The molecule has 28 heavy (non-hydrogen) atoms. The van der Waals surface area contributed by atoms with E-state index >= 15 is 0 Å². The molecule has 1 amide bonds. The molecule has 3 rings (SSSR count). The monoisotopic (exact) mass is 439 g/mol. The first kappa shape index (κ1) is 24.2. The molecule has 0 heterocycles. The van der Waals surface area contributed by atoms with Crippen LogP contribution >= 0.6 is 0 Å². The quantitative estimate of drug-likeness (QED) is 0.564. The topological polar surface area (TPSA) is 29.1 Å². The Morgan fingerprint density at radius 3 is 1.93 bits per heavy atom. The minimum absolute atomic E-state index is 0. The average Bonchev–Trinajstić information content (AvgIpc) is 3.07. The molecule has 3 aliphatic rings. The second kappa shape index (κ2) is 11.9. The van der Waals surface area contributed by atoms with Crippen molar-refractivity contribution >= 4 is 16.9 Å². The van der Waals surface area contributed by atoms with Crippen molar-refractivity contribution in [1.82, 2.24) is 3.80 Å². The maximum Gasteiger partial charge on any atom is -0.0149 e. The largest absolute Gasteiger partial charge is 0.0149 e. The molecule has 2 saturated carbocycles. The second-order valence-electron chi connectivity index (χ2n) is 9.86. The Kier molecular flexibility index (Phi) is 10.3. The summed E-state index contributed by atoms with van der Waals surface area (Å²) in [5, 5.41) is 4.90. The SMILES string of the molecule is [CH3][Ti]([CH3])([NH]C(=O)C1CCCCCCCCCCC1)[CH]1CCC2C=CC=CC21.[SiH4]. The Balaban J connectivity index is 0.00000280. The summed E-state index contributed by atoms with van der Waals surface area (Å²) in [6, 6.07) is 0. The predicted molar refractivity (Wildman–Crippen MR) is 124 cm³/mol. The van der Waals surface area contributed by atoms with E-state index in [1.165, 1.54) is 70.6 Å². The van der Waals surface area contributed by atoms with Crippen LogP contribution in [0.15, 0.2) is 24.3 Å². The number of carbonyl (C=O) groups is 1. The van der Waals surface area contributed by atoms with Crippen LogP contribution in [0.3, 0.4) is 0 Å². The van der Waals surface area contributed by atoms with Crippen LogP contribution in [0.5, 0.6) is 0 Å². The molecule has 0 radical (unpaired) electrons. The van der Waals surface area contributed by atoms with E-state index in [4.69, 9.17) is 0 Å². The van der Waals surface area contributed by atoms with Gasteiger partial charge in [-0.2, -0.15) is 0 Å². The summed E-state index contributed by atoms with van der Waals surface area (Å²) < 4.78 is 4.45. The Hall–Kier alpha value is -0.119. The van der Waals surface area contributed by atoms with E-state index in [9.17, 15) is 4.79 Å². The van der Waals surface area contributed by atoms with Gasteiger partial charge in [-0.25, -0.2) is 0 Å². The number of rotatable bonds is 3. The van der Waals surface area contributed by atoms with Crippen LogP contribution in [0, 0.1) is 17.8 Å². The van der Waals surface area contributed by atoms with E-state index in [0.717, 1.165) is 23.0 Å². The summed E-state index contributed by atoms with van der Waals surface area (Å²) in [6.07, 6.45) is 26.2. The third-order valence-electron chi connectivity index (χ3n) is 7.42. The van der Waals surface area contributed by atoms with Crippen molar-refractivity contribution < 1.29 is 21.6 Å². The molecule has 4 heteroatoms. The number of carbonyl (C=O) groups excluding carboxylic acids is 1. The molecular formula is C24H45NOSiTi. The second-order valence-corrected chi connectivity index (χ2v) is 16.8. The van der Waals surface area contributed by atoms with Crippen LogP contribution < -0.4 is 3.80 Å². The Bertz CT molecular complexity index is 533. The summed E-state index contributed by atoms with van der Waals surface area (Å²) in [4.78, 5) is 13.3. The van der Waals surface area contributed by atoms with Crippen molar-refractivity contribution in [2.45, 2.75) is 98.2 Å². The zero-order valence-corrected chi connectivity index (χ0v) is 19.3. The molecule has 0 aromatic heterocycles. The molecular weight excluding hydrogens is 394 g/mol. The first-order valence-electron chi connectivity index (χ1n) is 11.7. The van der Waals surface area contributed by atoms with E-state index in [1.54, 1.807) is 0 Å². The number of hydrogen-bond donors (Lipinski definition) is 1. The van der Waals surface area contributed by atoms with Gasteiger partial charge in [0.1, 0.15) is 0 Å². The minimum Gasteiger partial charge on any atom is -0.0149 e. The third-order valence-corrected chi connectivity index (χ3v) is 12.8. The summed E-state index contributed by atoms with van der Waals surface area (Å²) in [6.45, 7) is 0. The molecule has 3 unspecified atom stereocenters. The smallest absolute Gasteiger partial charge is 0.0149 e. The molecule has 3 aliphatic carbocycles. The van der Waals surface area contributed by atoms with Gasteiger partial charge >= 0.3 is 172 Å². The van der Waals surface area contributed by atoms with Crippen LogP contribution in [0.25, 0.3) is 0 Å². The zero-order valence-electron chi connectivity index (χ0n) is 17.7. The van der Waals surface area contributed by atoms with Crippen LogP contribution in [-0.2, 0) is 21.6 Å². The number of allylic oxidation sites excluding steroid dienone is 4. The molecule has 0 bridgehead atoms. The fourth-order valence-electron chi connectivity index (χ4n) is 5.74. The maximum atomic E-state index is 13.3. The standard InChI is InChI=1S/C13H25NO.C9H11.2CH3.H4Si.Ti/c14-13(15)12-10-8-6-4-2-1-3-5-7-9-11-12;1-2-5-9-7-3-6-8(9)4-1;;;;/h12H,1-11H2,(H2,14,15);1-2,4-6,8-9H,3,7H2;2*1H3;1H4;/q;;;;;+1/p-1.